The Balaban J connectivity index is 2.03. The molecule has 0 amide bonds. The summed E-state index contributed by atoms with van der Waals surface area (Å²) >= 11 is 0. The van der Waals surface area contributed by atoms with Crippen molar-refractivity contribution in [3.05, 3.63) is 35.9 Å². The zero-order valence-electron chi connectivity index (χ0n) is 13.5. The maximum Gasteiger partial charge on any atom is 0.0947 e. The largest absolute Gasteiger partial charge is 0.387 e. The van der Waals surface area contributed by atoms with Crippen LogP contribution in [0.4, 0.5) is 0 Å². The molecule has 0 aliphatic carbocycles. The van der Waals surface area contributed by atoms with Gasteiger partial charge in [0, 0.05) is 25.8 Å². The Morgan fingerprint density at radius 1 is 1.19 bits per heavy atom. The molecular weight excluding hydrogens is 262 g/mol. The Labute approximate surface area is 128 Å². The molecule has 1 N–H and O–H groups in total. The zero-order chi connectivity index (χ0) is 15.2. The van der Waals surface area contributed by atoms with Crippen molar-refractivity contribution in [2.24, 2.45) is 11.8 Å². The fraction of sp³-hybridized carbons (Fsp3) is 0.667. The second-order valence-electron chi connectivity index (χ2n) is 6.59. The van der Waals surface area contributed by atoms with Crippen molar-refractivity contribution < 1.29 is 9.84 Å². The van der Waals surface area contributed by atoms with Gasteiger partial charge in [0.15, 0.2) is 0 Å². The van der Waals surface area contributed by atoms with E-state index in [4.69, 9.17) is 4.74 Å². The Bertz CT molecular complexity index is 401. The van der Waals surface area contributed by atoms with Crippen molar-refractivity contribution in [3.8, 4) is 0 Å². The first-order chi connectivity index (χ1) is 10.1. The van der Waals surface area contributed by atoms with Crippen molar-refractivity contribution in [2.45, 2.75) is 38.8 Å². The molecule has 0 radical (unpaired) electrons. The lowest BCUT2D eigenvalue weighted by Crippen LogP contribution is -2.43. The third kappa shape index (κ3) is 4.53. The molecule has 1 aromatic carbocycles. The maximum absolute atomic E-state index is 10.8. The van der Waals surface area contributed by atoms with E-state index in [1.165, 1.54) is 0 Å². The van der Waals surface area contributed by atoms with Gasteiger partial charge in [0.25, 0.3) is 0 Å². The molecule has 3 nitrogen and oxygen atoms in total. The lowest BCUT2D eigenvalue weighted by Gasteiger charge is -2.37. The number of rotatable bonds is 6. The molecule has 0 aromatic heterocycles. The summed E-state index contributed by atoms with van der Waals surface area (Å²) in [5.41, 5.74) is 1.01. The van der Waals surface area contributed by atoms with Gasteiger partial charge in [0.05, 0.1) is 6.10 Å². The quantitative estimate of drug-likeness (QED) is 0.874. The highest BCUT2D eigenvalue weighted by atomic mass is 16.5. The molecule has 0 saturated carbocycles. The molecule has 2 rings (SSSR count). The predicted molar refractivity (Wildman–Crippen MR) is 86.2 cm³/mol. The van der Waals surface area contributed by atoms with Crippen LogP contribution in [-0.2, 0) is 4.74 Å². The summed E-state index contributed by atoms with van der Waals surface area (Å²) in [5.74, 6) is 1.10. The summed E-state index contributed by atoms with van der Waals surface area (Å²) in [6.07, 6.45) is 1.84. The van der Waals surface area contributed by atoms with Gasteiger partial charge < -0.3 is 9.84 Å². The van der Waals surface area contributed by atoms with Crippen molar-refractivity contribution in [1.29, 1.82) is 0 Å². The number of likely N-dealkylation sites (N-methyl/N-ethyl adjacent to an activating group) is 1. The number of hydrogen-bond donors (Lipinski definition) is 1. The van der Waals surface area contributed by atoms with E-state index in [0.717, 1.165) is 38.2 Å². The minimum atomic E-state index is -0.434. The summed E-state index contributed by atoms with van der Waals surface area (Å²) in [5, 5.41) is 10.8. The second-order valence-corrected chi connectivity index (χ2v) is 6.59. The third-order valence-corrected chi connectivity index (χ3v) is 4.54. The number of benzene rings is 1. The van der Waals surface area contributed by atoms with Crippen LogP contribution in [0.2, 0.25) is 0 Å². The van der Waals surface area contributed by atoms with Crippen molar-refractivity contribution >= 4 is 0 Å². The average Bonchev–Trinajstić information content (AvgIpc) is 2.49. The maximum atomic E-state index is 10.8. The number of hydrogen-bond acceptors (Lipinski definition) is 3. The first kappa shape index (κ1) is 16.5. The standard InChI is InChI=1S/C18H29NO2/c1-14(2)17(18(20)16-7-5-4-6-8-16)19(3)13-15-9-11-21-12-10-15/h4-8,14-15,17-18,20H,9-13H2,1-3H3. The van der Waals surface area contributed by atoms with Crippen LogP contribution in [0.5, 0.6) is 0 Å². The highest BCUT2D eigenvalue weighted by Crippen LogP contribution is 2.27. The topological polar surface area (TPSA) is 32.7 Å². The van der Waals surface area contributed by atoms with Crippen LogP contribution in [0.15, 0.2) is 30.3 Å². The van der Waals surface area contributed by atoms with Gasteiger partial charge in [-0.05, 0) is 37.3 Å². The van der Waals surface area contributed by atoms with E-state index in [1.807, 2.05) is 30.3 Å². The van der Waals surface area contributed by atoms with Crippen LogP contribution in [-0.4, -0.2) is 42.9 Å². The van der Waals surface area contributed by atoms with Gasteiger partial charge in [-0.3, -0.25) is 4.90 Å². The molecule has 1 heterocycles. The van der Waals surface area contributed by atoms with Crippen molar-refractivity contribution in [1.82, 2.24) is 4.90 Å². The van der Waals surface area contributed by atoms with E-state index in [0.29, 0.717) is 11.8 Å². The van der Waals surface area contributed by atoms with Gasteiger partial charge in [-0.25, -0.2) is 0 Å². The summed E-state index contributed by atoms with van der Waals surface area (Å²) in [4.78, 5) is 2.35. The van der Waals surface area contributed by atoms with E-state index in [9.17, 15) is 5.11 Å². The van der Waals surface area contributed by atoms with E-state index >= 15 is 0 Å². The Morgan fingerprint density at radius 3 is 2.38 bits per heavy atom. The van der Waals surface area contributed by atoms with Crippen LogP contribution in [0.1, 0.15) is 38.4 Å². The minimum Gasteiger partial charge on any atom is -0.387 e. The lowest BCUT2D eigenvalue weighted by atomic mass is 9.90. The van der Waals surface area contributed by atoms with Crippen LogP contribution in [0, 0.1) is 11.8 Å². The number of ether oxygens (including phenoxy) is 1. The molecule has 118 valence electrons. The van der Waals surface area contributed by atoms with Gasteiger partial charge in [-0.2, -0.15) is 0 Å². The summed E-state index contributed by atoms with van der Waals surface area (Å²) in [7, 11) is 2.15. The van der Waals surface area contributed by atoms with E-state index in [1.54, 1.807) is 0 Å². The second kappa shape index (κ2) is 7.92. The van der Waals surface area contributed by atoms with Gasteiger partial charge in [-0.15, -0.1) is 0 Å². The molecule has 2 atom stereocenters. The molecule has 1 saturated heterocycles. The highest BCUT2D eigenvalue weighted by molar-refractivity contribution is 5.19. The smallest absolute Gasteiger partial charge is 0.0947 e. The third-order valence-electron chi connectivity index (χ3n) is 4.54. The van der Waals surface area contributed by atoms with Gasteiger partial charge in [0.2, 0.25) is 0 Å². The van der Waals surface area contributed by atoms with E-state index < -0.39 is 6.10 Å². The Kier molecular flexibility index (Phi) is 6.22. The fourth-order valence-electron chi connectivity index (χ4n) is 3.42. The number of aliphatic hydroxyl groups is 1. The van der Waals surface area contributed by atoms with E-state index in [-0.39, 0.29) is 6.04 Å². The van der Waals surface area contributed by atoms with Crippen molar-refractivity contribution in [3.63, 3.8) is 0 Å². The normalized spacial score (nSPS) is 19.9. The van der Waals surface area contributed by atoms with Gasteiger partial charge in [0.1, 0.15) is 0 Å². The van der Waals surface area contributed by atoms with Crippen LogP contribution in [0.25, 0.3) is 0 Å². The Morgan fingerprint density at radius 2 is 1.81 bits per heavy atom. The molecule has 1 aliphatic rings. The molecule has 2 unspecified atom stereocenters. The first-order valence-corrected chi connectivity index (χ1v) is 8.10. The first-order valence-electron chi connectivity index (χ1n) is 8.10. The van der Waals surface area contributed by atoms with Crippen LogP contribution < -0.4 is 0 Å². The summed E-state index contributed by atoms with van der Waals surface area (Å²) < 4.78 is 5.44. The van der Waals surface area contributed by atoms with E-state index in [2.05, 4.69) is 25.8 Å². The molecule has 1 fully saturated rings. The molecule has 0 spiro atoms. The minimum absolute atomic E-state index is 0.148. The zero-order valence-corrected chi connectivity index (χ0v) is 13.5. The molecule has 1 aliphatic heterocycles. The molecular formula is C18H29NO2. The molecule has 3 heteroatoms. The van der Waals surface area contributed by atoms with Crippen molar-refractivity contribution in [2.75, 3.05) is 26.8 Å². The average molecular weight is 291 g/mol. The monoisotopic (exact) mass is 291 g/mol. The lowest BCUT2D eigenvalue weighted by molar-refractivity contribution is 0.00860. The SMILES string of the molecule is CC(C)C(C(O)c1ccccc1)N(C)CC1CCOCC1. The highest BCUT2D eigenvalue weighted by Gasteiger charge is 2.29. The number of nitrogens with zero attached hydrogens (tertiary/aromatic N) is 1. The fourth-order valence-corrected chi connectivity index (χ4v) is 3.42. The molecule has 0 bridgehead atoms. The summed E-state index contributed by atoms with van der Waals surface area (Å²) in [6.45, 7) is 7.18. The van der Waals surface area contributed by atoms with Crippen LogP contribution in [0.3, 0.4) is 0 Å². The molecule has 1 aromatic rings. The Hall–Kier alpha value is -0.900. The van der Waals surface area contributed by atoms with Gasteiger partial charge in [-0.1, -0.05) is 44.2 Å². The van der Waals surface area contributed by atoms with Crippen LogP contribution >= 0.6 is 0 Å². The molecule has 21 heavy (non-hydrogen) atoms. The summed E-state index contributed by atoms with van der Waals surface area (Å²) in [6, 6.07) is 10.2. The number of aliphatic hydroxyl groups excluding tert-OH is 1. The predicted octanol–water partition coefficient (Wildman–Crippen LogP) is 3.10. The van der Waals surface area contributed by atoms with Gasteiger partial charge >= 0.3 is 0 Å².